The fourth-order valence-corrected chi connectivity index (χ4v) is 1.86. The summed E-state index contributed by atoms with van der Waals surface area (Å²) in [5.74, 6) is -0.139. The highest BCUT2D eigenvalue weighted by molar-refractivity contribution is 14.1. The van der Waals surface area contributed by atoms with Gasteiger partial charge in [-0.2, -0.15) is 0 Å². The van der Waals surface area contributed by atoms with Gasteiger partial charge in [0.1, 0.15) is 6.10 Å². The Bertz CT molecular complexity index is 148. The summed E-state index contributed by atoms with van der Waals surface area (Å²) >= 11 is 2.36. The van der Waals surface area contributed by atoms with Crippen molar-refractivity contribution in [3.63, 3.8) is 0 Å². The van der Waals surface area contributed by atoms with Crippen LogP contribution in [0.15, 0.2) is 0 Å². The van der Waals surface area contributed by atoms with Gasteiger partial charge in [-0.15, -0.1) is 0 Å². The van der Waals surface area contributed by atoms with Gasteiger partial charge in [0.05, 0.1) is 0 Å². The Morgan fingerprint density at radius 3 is 2.43 bits per heavy atom. The predicted molar refractivity (Wildman–Crippen MR) is 67.8 cm³/mol. The quantitative estimate of drug-likeness (QED) is 0.295. The van der Waals surface area contributed by atoms with Crippen LogP contribution in [-0.2, 0) is 9.53 Å². The number of hydrogen-bond acceptors (Lipinski definition) is 2. The lowest BCUT2D eigenvalue weighted by Gasteiger charge is -2.16. The van der Waals surface area contributed by atoms with Crippen LogP contribution in [0.3, 0.4) is 0 Å². The molecule has 0 spiro atoms. The zero-order valence-corrected chi connectivity index (χ0v) is 11.4. The third-order valence-electron chi connectivity index (χ3n) is 2.12. The molecule has 0 N–H and O–H groups in total. The van der Waals surface area contributed by atoms with Crippen molar-refractivity contribution in [2.24, 2.45) is 0 Å². The van der Waals surface area contributed by atoms with Gasteiger partial charge in [0.2, 0.25) is 0 Å². The molecule has 0 aliphatic rings. The molecule has 3 heteroatoms. The molecule has 0 saturated heterocycles. The minimum atomic E-state index is -0.139. The van der Waals surface area contributed by atoms with Crippen LogP contribution in [-0.4, -0.2) is 16.5 Å². The summed E-state index contributed by atoms with van der Waals surface area (Å²) in [6.45, 7) is 3.68. The summed E-state index contributed by atoms with van der Waals surface area (Å²) in [7, 11) is 0. The van der Waals surface area contributed by atoms with E-state index in [1.807, 2.05) is 0 Å². The third kappa shape index (κ3) is 8.78. The molecular weight excluding hydrogens is 291 g/mol. The molecular formula is C11H21IO2. The number of carbonyl (C=O) groups is 1. The zero-order chi connectivity index (χ0) is 10.8. The normalized spacial score (nSPS) is 12.5. The molecule has 1 atom stereocenters. The molecule has 0 aromatic carbocycles. The summed E-state index contributed by atoms with van der Waals surface area (Å²) in [5.41, 5.74) is 0. The first kappa shape index (κ1) is 14.2. The zero-order valence-electron chi connectivity index (χ0n) is 9.22. The van der Waals surface area contributed by atoms with Gasteiger partial charge in [0.25, 0.3) is 0 Å². The number of esters is 1. The molecule has 0 rings (SSSR count). The summed E-state index contributed by atoms with van der Waals surface area (Å²) in [4.78, 5) is 10.8. The number of halogens is 1. The van der Waals surface area contributed by atoms with Crippen LogP contribution >= 0.6 is 22.6 Å². The van der Waals surface area contributed by atoms with Gasteiger partial charge >= 0.3 is 5.97 Å². The highest BCUT2D eigenvalue weighted by Gasteiger charge is 2.10. The number of carbonyl (C=O) groups excluding carboxylic acids is 1. The molecule has 14 heavy (non-hydrogen) atoms. The standard InChI is InChI=1S/C11H21IO2/c1-3-4-5-7-11(8-6-9-12)14-10(2)13/h11H,3-9H2,1-2H3. The molecule has 0 bridgehead atoms. The molecule has 0 heterocycles. The Morgan fingerprint density at radius 2 is 1.93 bits per heavy atom. The monoisotopic (exact) mass is 312 g/mol. The molecule has 0 amide bonds. The molecule has 0 radical (unpaired) electrons. The van der Waals surface area contributed by atoms with Gasteiger partial charge in [-0.3, -0.25) is 4.79 Å². The SMILES string of the molecule is CCCCCC(CCCI)OC(C)=O. The van der Waals surface area contributed by atoms with Crippen molar-refractivity contribution in [2.45, 2.75) is 58.5 Å². The molecule has 0 saturated carbocycles. The van der Waals surface area contributed by atoms with E-state index in [4.69, 9.17) is 4.74 Å². The first-order valence-corrected chi connectivity index (χ1v) is 6.96. The lowest BCUT2D eigenvalue weighted by atomic mass is 10.1. The lowest BCUT2D eigenvalue weighted by molar-refractivity contribution is -0.147. The van der Waals surface area contributed by atoms with Crippen molar-refractivity contribution in [2.75, 3.05) is 4.43 Å². The summed E-state index contributed by atoms with van der Waals surface area (Å²) < 4.78 is 6.40. The van der Waals surface area contributed by atoms with Crippen LogP contribution in [0.1, 0.15) is 52.4 Å². The van der Waals surface area contributed by atoms with E-state index >= 15 is 0 Å². The Labute approximate surface area is 101 Å². The third-order valence-corrected chi connectivity index (χ3v) is 2.88. The Kier molecular flexibility index (Phi) is 9.88. The fraction of sp³-hybridized carbons (Fsp3) is 0.909. The van der Waals surface area contributed by atoms with E-state index in [2.05, 4.69) is 29.5 Å². The average Bonchev–Trinajstić information content (AvgIpc) is 2.13. The van der Waals surface area contributed by atoms with Gasteiger partial charge < -0.3 is 4.74 Å². The first-order valence-electron chi connectivity index (χ1n) is 5.43. The number of unbranched alkanes of at least 4 members (excludes halogenated alkanes) is 2. The average molecular weight is 312 g/mol. The predicted octanol–water partition coefficient (Wildman–Crippen LogP) is 3.71. The van der Waals surface area contributed by atoms with Crippen LogP contribution in [0.4, 0.5) is 0 Å². The van der Waals surface area contributed by atoms with Gasteiger partial charge in [-0.1, -0.05) is 42.4 Å². The van der Waals surface area contributed by atoms with Crippen molar-refractivity contribution in [1.82, 2.24) is 0 Å². The molecule has 0 aliphatic heterocycles. The van der Waals surface area contributed by atoms with Crippen molar-refractivity contribution >= 4 is 28.6 Å². The van der Waals surface area contributed by atoms with E-state index in [1.165, 1.54) is 26.2 Å². The summed E-state index contributed by atoms with van der Waals surface area (Å²) in [5, 5.41) is 0. The van der Waals surface area contributed by atoms with Crippen LogP contribution in [0.2, 0.25) is 0 Å². The molecule has 84 valence electrons. The Balaban J connectivity index is 3.66. The lowest BCUT2D eigenvalue weighted by Crippen LogP contribution is -2.16. The topological polar surface area (TPSA) is 26.3 Å². The molecule has 0 fully saturated rings. The van der Waals surface area contributed by atoms with Crippen molar-refractivity contribution in [3.8, 4) is 0 Å². The second-order valence-corrected chi connectivity index (χ2v) is 4.64. The minimum Gasteiger partial charge on any atom is -0.463 e. The summed E-state index contributed by atoms with van der Waals surface area (Å²) in [6.07, 6.45) is 6.99. The van der Waals surface area contributed by atoms with Gasteiger partial charge in [-0.05, 0) is 30.1 Å². The van der Waals surface area contributed by atoms with Crippen LogP contribution < -0.4 is 0 Å². The maximum Gasteiger partial charge on any atom is 0.302 e. The molecule has 1 unspecified atom stereocenters. The number of hydrogen-bond donors (Lipinski definition) is 0. The van der Waals surface area contributed by atoms with Crippen LogP contribution in [0.5, 0.6) is 0 Å². The maximum absolute atomic E-state index is 10.8. The van der Waals surface area contributed by atoms with E-state index in [9.17, 15) is 4.79 Å². The molecule has 0 aromatic rings. The number of alkyl halides is 1. The minimum absolute atomic E-state index is 0.139. The largest absolute Gasteiger partial charge is 0.463 e. The molecule has 2 nitrogen and oxygen atoms in total. The second-order valence-electron chi connectivity index (χ2n) is 3.56. The number of ether oxygens (including phenoxy) is 1. The van der Waals surface area contributed by atoms with Crippen molar-refractivity contribution in [1.29, 1.82) is 0 Å². The highest BCUT2D eigenvalue weighted by atomic mass is 127. The van der Waals surface area contributed by atoms with E-state index in [0.29, 0.717) is 0 Å². The maximum atomic E-state index is 10.8. The van der Waals surface area contributed by atoms with Gasteiger partial charge in [0.15, 0.2) is 0 Å². The highest BCUT2D eigenvalue weighted by Crippen LogP contribution is 2.13. The molecule has 0 aromatic heterocycles. The first-order chi connectivity index (χ1) is 6.70. The van der Waals surface area contributed by atoms with E-state index in [1.54, 1.807) is 0 Å². The molecule has 0 aliphatic carbocycles. The van der Waals surface area contributed by atoms with Gasteiger partial charge in [-0.25, -0.2) is 0 Å². The van der Waals surface area contributed by atoms with Gasteiger partial charge in [0, 0.05) is 6.92 Å². The second kappa shape index (κ2) is 9.74. The van der Waals surface area contributed by atoms with Crippen molar-refractivity contribution in [3.05, 3.63) is 0 Å². The van der Waals surface area contributed by atoms with E-state index in [-0.39, 0.29) is 12.1 Å². The smallest absolute Gasteiger partial charge is 0.302 e. The van der Waals surface area contributed by atoms with Crippen LogP contribution in [0, 0.1) is 0 Å². The number of rotatable bonds is 8. The van der Waals surface area contributed by atoms with E-state index in [0.717, 1.165) is 23.7 Å². The van der Waals surface area contributed by atoms with E-state index < -0.39 is 0 Å². The van der Waals surface area contributed by atoms with Crippen LogP contribution in [0.25, 0.3) is 0 Å². The Hall–Kier alpha value is 0.200. The van der Waals surface area contributed by atoms with Crippen molar-refractivity contribution < 1.29 is 9.53 Å². The Morgan fingerprint density at radius 1 is 1.29 bits per heavy atom. The fourth-order valence-electron chi connectivity index (χ4n) is 1.42. The summed E-state index contributed by atoms with van der Waals surface area (Å²) in [6, 6.07) is 0.